The average Bonchev–Trinajstić information content (AvgIpc) is 3.84. The highest BCUT2D eigenvalue weighted by Gasteiger charge is 2.61. The van der Waals surface area contributed by atoms with Crippen LogP contribution in [0.4, 0.5) is 4.79 Å². The van der Waals surface area contributed by atoms with E-state index in [1.807, 2.05) is 49.3 Å². The summed E-state index contributed by atoms with van der Waals surface area (Å²) >= 11 is 0. The minimum absolute atomic E-state index is 0.0228. The van der Waals surface area contributed by atoms with Gasteiger partial charge in [0.2, 0.25) is 11.8 Å². The molecule has 3 aromatic carbocycles. The van der Waals surface area contributed by atoms with Gasteiger partial charge in [-0.05, 0) is 65.6 Å². The zero-order chi connectivity index (χ0) is 48.0. The van der Waals surface area contributed by atoms with Gasteiger partial charge in [-0.2, -0.15) is 4.79 Å². The lowest BCUT2D eigenvalue weighted by molar-refractivity contribution is -0.469. The van der Waals surface area contributed by atoms with E-state index in [4.69, 9.17) is 19.2 Å². The van der Waals surface area contributed by atoms with Gasteiger partial charge in [-0.1, -0.05) is 60.7 Å². The molecule has 6 rings (SSSR count). The predicted octanol–water partition coefficient (Wildman–Crippen LogP) is 4.08. The van der Waals surface area contributed by atoms with E-state index in [1.165, 1.54) is 41.3 Å². The molecule has 1 saturated heterocycles. The summed E-state index contributed by atoms with van der Waals surface area (Å²) in [6.45, 7) is 12.4. The molecule has 3 N–H and O–H groups in total. The van der Waals surface area contributed by atoms with Crippen LogP contribution in [0.2, 0.25) is 0 Å². The van der Waals surface area contributed by atoms with Crippen LogP contribution in [0.3, 0.4) is 0 Å². The predicted molar refractivity (Wildman–Crippen MR) is 247 cm³/mol. The minimum atomic E-state index is -4.35. The largest absolute Gasteiger partial charge is 0.597 e. The number of aromatic nitrogens is 1. The standard InChI is InChI=1S/C48H55N7O10S/c1-9-32-28-48(32,45(59)52-66(61,62)35-19-14-11-15-20-35)51-43(57)39-26-34(64-41-27-37(31-17-12-10-13-18-31)50-38-25-33(63-8)22-23-36(38)41)30-55(39)44(58)40(54(7)46(60)65-47(2,3)4)29-49-42(56)21-16-24-53(5)6/h9-23,25,27,32,34,39-40H,1,7,24,26,28-30H2,2-6,8H3,(H2-,49,51,52,56,57,59)/p+1/t32-,34-,39+,40+,48-/m1/s1. The van der Waals surface area contributed by atoms with Gasteiger partial charge in [0.25, 0.3) is 27.9 Å². The number of benzene rings is 3. The van der Waals surface area contributed by atoms with Crippen molar-refractivity contribution in [2.45, 2.75) is 67.8 Å². The summed E-state index contributed by atoms with van der Waals surface area (Å²) in [5.41, 5.74) is -0.798. The SMILES string of the molecule is C=C[C@@H]1C[C@]1(NC(=O)[C@@H]1C[C@@H](Oc2cc(-c3ccccc3)nc3cc(OC)ccc23)CN1C(=O)[C@H](CNC(=O)C=CCN(C)C)[N+](=C)C(=O)OC(C)(C)C)C(=O)NS(=O)(=O)c1ccccc1. The van der Waals surface area contributed by atoms with Crippen molar-refractivity contribution >= 4 is 57.4 Å². The maximum absolute atomic E-state index is 15.0. The molecule has 2 heterocycles. The van der Waals surface area contributed by atoms with Crippen molar-refractivity contribution < 1.29 is 51.2 Å². The lowest BCUT2D eigenvalue weighted by atomic mass is 10.1. The monoisotopic (exact) mass is 922 g/mol. The molecule has 0 spiro atoms. The van der Waals surface area contributed by atoms with Gasteiger partial charge in [0.1, 0.15) is 41.5 Å². The number of rotatable bonds is 17. The number of sulfonamides is 1. The number of amides is 5. The van der Waals surface area contributed by atoms with Gasteiger partial charge in [0, 0.05) is 48.0 Å². The van der Waals surface area contributed by atoms with Crippen molar-refractivity contribution in [3.05, 3.63) is 110 Å². The van der Waals surface area contributed by atoms with Crippen molar-refractivity contribution in [1.82, 2.24) is 30.1 Å². The van der Waals surface area contributed by atoms with Crippen molar-refractivity contribution in [1.29, 1.82) is 0 Å². The molecule has 18 heteroatoms. The molecule has 1 saturated carbocycles. The molecular weight excluding hydrogens is 867 g/mol. The third-order valence-electron chi connectivity index (χ3n) is 11.0. The Bertz CT molecular complexity index is 2650. The Labute approximate surface area is 384 Å². The number of hydrogen-bond acceptors (Lipinski definition) is 12. The fourth-order valence-electron chi connectivity index (χ4n) is 7.52. The molecule has 1 aliphatic heterocycles. The third-order valence-corrected chi connectivity index (χ3v) is 12.4. The Morgan fingerprint density at radius 1 is 1.02 bits per heavy atom. The van der Waals surface area contributed by atoms with Gasteiger partial charge in [0.15, 0.2) is 0 Å². The highest BCUT2D eigenvalue weighted by molar-refractivity contribution is 7.90. The normalized spacial score (nSPS) is 19.7. The Kier molecular flexibility index (Phi) is 14.8. The lowest BCUT2D eigenvalue weighted by Crippen LogP contribution is -2.59. The van der Waals surface area contributed by atoms with Gasteiger partial charge in [0.05, 0.1) is 36.3 Å². The van der Waals surface area contributed by atoms with E-state index in [0.717, 1.165) is 10.1 Å². The molecule has 2 aliphatic rings. The van der Waals surface area contributed by atoms with E-state index >= 15 is 4.79 Å². The summed E-state index contributed by atoms with van der Waals surface area (Å²) < 4.78 is 47.3. The molecule has 4 aromatic rings. The van der Waals surface area contributed by atoms with Crippen molar-refractivity contribution in [2.24, 2.45) is 5.92 Å². The highest BCUT2D eigenvalue weighted by atomic mass is 32.2. The molecule has 2 fully saturated rings. The fraction of sp³-hybridized carbons (Fsp3) is 0.354. The van der Waals surface area contributed by atoms with E-state index in [0.29, 0.717) is 34.6 Å². The Morgan fingerprint density at radius 3 is 2.32 bits per heavy atom. The second kappa shape index (κ2) is 20.1. The fourth-order valence-corrected chi connectivity index (χ4v) is 8.58. The van der Waals surface area contributed by atoms with Crippen LogP contribution >= 0.6 is 0 Å². The number of carbonyl (C=O) groups is 5. The summed E-state index contributed by atoms with van der Waals surface area (Å²) in [4.78, 5) is 78.0. The van der Waals surface area contributed by atoms with E-state index < -0.39 is 81.5 Å². The van der Waals surface area contributed by atoms with E-state index in [9.17, 15) is 27.6 Å². The number of methoxy groups -OCH3 is 1. The molecule has 0 radical (unpaired) electrons. The van der Waals surface area contributed by atoms with E-state index in [2.05, 4.69) is 28.7 Å². The zero-order valence-electron chi connectivity index (χ0n) is 37.9. The van der Waals surface area contributed by atoms with Gasteiger partial charge < -0.3 is 34.6 Å². The van der Waals surface area contributed by atoms with Crippen LogP contribution in [0.25, 0.3) is 22.2 Å². The molecule has 66 heavy (non-hydrogen) atoms. The van der Waals surface area contributed by atoms with Crippen LogP contribution in [0.1, 0.15) is 33.6 Å². The molecular formula is C48H56N7O10S+. The summed E-state index contributed by atoms with van der Waals surface area (Å²) in [6.07, 6.45) is 2.42. The molecule has 1 aliphatic carbocycles. The number of nitrogens with one attached hydrogen (secondary N) is 3. The number of likely N-dealkylation sites (tertiary alicyclic amines) is 1. The van der Waals surface area contributed by atoms with Crippen LogP contribution in [-0.2, 0) is 33.9 Å². The smallest absolute Gasteiger partial charge is 0.497 e. The summed E-state index contributed by atoms with van der Waals surface area (Å²) in [7, 11) is 0.852. The summed E-state index contributed by atoms with van der Waals surface area (Å²) in [5, 5.41) is 6.04. The van der Waals surface area contributed by atoms with Crippen molar-refractivity contribution in [2.75, 3.05) is 40.8 Å². The van der Waals surface area contributed by atoms with Gasteiger partial charge in [-0.3, -0.25) is 19.2 Å². The second-order valence-electron chi connectivity index (χ2n) is 17.4. The number of ether oxygens (including phenoxy) is 3. The first-order chi connectivity index (χ1) is 31.2. The molecule has 1 aromatic heterocycles. The molecule has 0 bridgehead atoms. The average molecular weight is 923 g/mol. The van der Waals surface area contributed by atoms with Crippen LogP contribution in [0, 0.1) is 5.92 Å². The zero-order valence-corrected chi connectivity index (χ0v) is 38.7. The van der Waals surface area contributed by atoms with E-state index in [1.54, 1.807) is 64.3 Å². The topological polar surface area (TPSA) is 206 Å². The number of nitrogens with zero attached hydrogens (tertiary/aromatic N) is 4. The lowest BCUT2D eigenvalue weighted by Gasteiger charge is -2.28. The molecule has 5 amide bonds. The maximum atomic E-state index is 15.0. The van der Waals surface area contributed by atoms with Gasteiger partial charge in [-0.25, -0.2) is 18.1 Å². The Hall–Kier alpha value is -6.92. The number of hydrogen-bond donors (Lipinski definition) is 3. The van der Waals surface area contributed by atoms with Crippen LogP contribution in [0.15, 0.2) is 115 Å². The molecule has 5 atom stereocenters. The number of carbonyl (C=O) groups excluding carboxylic acids is 5. The molecule has 348 valence electrons. The van der Waals surface area contributed by atoms with Crippen LogP contribution in [-0.4, -0.2) is 134 Å². The number of likely N-dealkylation sites (N-methyl/N-ethyl adjacent to an activating group) is 1. The highest BCUT2D eigenvalue weighted by Crippen LogP contribution is 2.45. The van der Waals surface area contributed by atoms with Crippen molar-refractivity contribution in [3.8, 4) is 22.8 Å². The molecule has 17 nitrogen and oxygen atoms in total. The van der Waals surface area contributed by atoms with Gasteiger partial charge in [-0.15, -0.1) is 11.2 Å². The van der Waals surface area contributed by atoms with Gasteiger partial charge >= 0.3 is 6.09 Å². The van der Waals surface area contributed by atoms with Crippen LogP contribution < -0.4 is 24.8 Å². The van der Waals surface area contributed by atoms with Crippen molar-refractivity contribution in [3.63, 3.8) is 0 Å². The Morgan fingerprint density at radius 2 is 1.70 bits per heavy atom. The maximum Gasteiger partial charge on any atom is 0.597 e. The first kappa shape index (κ1) is 48.5. The molecule has 0 unspecified atom stereocenters. The number of fused-ring (bicyclic) bond motifs is 1. The van der Waals surface area contributed by atoms with E-state index in [-0.39, 0.29) is 24.3 Å². The minimum Gasteiger partial charge on any atom is -0.497 e. The first-order valence-electron chi connectivity index (χ1n) is 21.2. The number of pyridine rings is 1. The third kappa shape index (κ3) is 11.5. The van der Waals surface area contributed by atoms with Crippen LogP contribution in [0.5, 0.6) is 11.5 Å². The summed E-state index contributed by atoms with van der Waals surface area (Å²) in [6, 6.07) is 20.9. The summed E-state index contributed by atoms with van der Waals surface area (Å²) in [5.74, 6) is -2.86. The first-order valence-corrected chi connectivity index (χ1v) is 22.7. The quantitative estimate of drug-likeness (QED) is 0.0594. The second-order valence-corrected chi connectivity index (χ2v) is 19.0. The Balaban J connectivity index is 1.37.